The molecule has 0 spiro atoms. The molecule has 2 nitrogen and oxygen atoms in total. The Morgan fingerprint density at radius 2 is 1.70 bits per heavy atom. The van der Waals surface area contributed by atoms with Crippen LogP contribution in [0.1, 0.15) is 29.7 Å². The van der Waals surface area contributed by atoms with Gasteiger partial charge in [-0.3, -0.25) is 0 Å². The molecule has 0 aromatic heterocycles. The number of aryl methyl sites for hydroxylation is 2. The van der Waals surface area contributed by atoms with E-state index in [1.165, 1.54) is 5.56 Å². The summed E-state index contributed by atoms with van der Waals surface area (Å²) < 4.78 is 19.6. The zero-order valence-corrected chi connectivity index (χ0v) is 12.1. The van der Waals surface area contributed by atoms with Crippen LogP contribution < -0.4 is 10.5 Å². The molecule has 0 aliphatic rings. The fourth-order valence-corrected chi connectivity index (χ4v) is 2.04. The van der Waals surface area contributed by atoms with Crippen molar-refractivity contribution < 1.29 is 9.13 Å². The first-order valence-corrected chi connectivity index (χ1v) is 6.73. The van der Waals surface area contributed by atoms with Gasteiger partial charge in [-0.25, -0.2) is 4.39 Å². The van der Waals surface area contributed by atoms with Crippen LogP contribution >= 0.6 is 0 Å². The smallest absolute Gasteiger partial charge is 0.167 e. The van der Waals surface area contributed by atoms with Crippen LogP contribution in [0.25, 0.3) is 0 Å². The molecule has 0 heterocycles. The van der Waals surface area contributed by atoms with Gasteiger partial charge in [0.25, 0.3) is 0 Å². The highest BCUT2D eigenvalue weighted by molar-refractivity contribution is 5.31. The predicted molar refractivity (Wildman–Crippen MR) is 79.3 cm³/mol. The van der Waals surface area contributed by atoms with Crippen molar-refractivity contribution in [3.63, 3.8) is 0 Å². The van der Waals surface area contributed by atoms with Gasteiger partial charge in [0.15, 0.2) is 11.6 Å². The fraction of sp³-hybridized carbons (Fsp3) is 0.294. The molecule has 0 aliphatic carbocycles. The maximum atomic E-state index is 13.9. The van der Waals surface area contributed by atoms with Gasteiger partial charge < -0.3 is 10.5 Å². The van der Waals surface area contributed by atoms with Gasteiger partial charge in [0.2, 0.25) is 0 Å². The van der Waals surface area contributed by atoms with Crippen LogP contribution in [0, 0.1) is 19.7 Å². The van der Waals surface area contributed by atoms with Gasteiger partial charge in [-0.2, -0.15) is 0 Å². The van der Waals surface area contributed by atoms with Crippen molar-refractivity contribution in [3.8, 4) is 5.75 Å². The largest absolute Gasteiger partial charge is 0.486 e. The molecule has 0 saturated heterocycles. The average Bonchev–Trinajstić information content (AvgIpc) is 2.44. The predicted octanol–water partition coefficient (Wildman–Crippen LogP) is 3.91. The van der Waals surface area contributed by atoms with Crippen LogP contribution in [0.3, 0.4) is 0 Å². The van der Waals surface area contributed by atoms with Gasteiger partial charge in [-0.05, 0) is 38.0 Å². The maximum Gasteiger partial charge on any atom is 0.167 e. The molecule has 2 atom stereocenters. The summed E-state index contributed by atoms with van der Waals surface area (Å²) >= 11 is 0. The lowest BCUT2D eigenvalue weighted by Gasteiger charge is -2.22. The van der Waals surface area contributed by atoms with Crippen LogP contribution in [-0.2, 0) is 0 Å². The van der Waals surface area contributed by atoms with Crippen molar-refractivity contribution in [2.45, 2.75) is 32.9 Å². The molecule has 2 unspecified atom stereocenters. The Morgan fingerprint density at radius 1 is 1.05 bits per heavy atom. The monoisotopic (exact) mass is 273 g/mol. The fourth-order valence-electron chi connectivity index (χ4n) is 2.04. The summed E-state index contributed by atoms with van der Waals surface area (Å²) in [5, 5.41) is 0. The van der Waals surface area contributed by atoms with Crippen molar-refractivity contribution >= 4 is 0 Å². The number of hydrogen-bond acceptors (Lipinski definition) is 2. The van der Waals surface area contributed by atoms with Gasteiger partial charge >= 0.3 is 0 Å². The number of rotatable bonds is 4. The zero-order valence-electron chi connectivity index (χ0n) is 12.1. The lowest BCUT2D eigenvalue weighted by molar-refractivity contribution is 0.182. The summed E-state index contributed by atoms with van der Waals surface area (Å²) in [6.07, 6.45) is -0.311. The van der Waals surface area contributed by atoms with Gasteiger partial charge in [-0.1, -0.05) is 42.0 Å². The SMILES string of the molecule is Cc1ccc(C(N)C(C)Oc2cccc(C)c2F)cc1. The first-order valence-electron chi connectivity index (χ1n) is 6.73. The summed E-state index contributed by atoms with van der Waals surface area (Å²) in [6, 6.07) is 12.8. The second-order valence-corrected chi connectivity index (χ2v) is 5.15. The molecular weight excluding hydrogens is 253 g/mol. The molecule has 20 heavy (non-hydrogen) atoms. The molecule has 106 valence electrons. The molecule has 3 heteroatoms. The standard InChI is InChI=1S/C17H20FNO/c1-11-7-9-14(10-8-11)17(19)13(3)20-15-6-4-5-12(2)16(15)18/h4-10,13,17H,19H2,1-3H3. The van der Waals surface area contributed by atoms with Gasteiger partial charge in [-0.15, -0.1) is 0 Å². The summed E-state index contributed by atoms with van der Waals surface area (Å²) in [6.45, 7) is 5.59. The summed E-state index contributed by atoms with van der Waals surface area (Å²) in [5.41, 5.74) is 8.91. The van der Waals surface area contributed by atoms with E-state index >= 15 is 0 Å². The number of nitrogens with two attached hydrogens (primary N) is 1. The number of halogens is 1. The van der Waals surface area contributed by atoms with E-state index in [4.69, 9.17) is 10.5 Å². The maximum absolute atomic E-state index is 13.9. The molecule has 2 aromatic carbocycles. The van der Waals surface area contributed by atoms with Gasteiger partial charge in [0.1, 0.15) is 6.10 Å². The second kappa shape index (κ2) is 6.06. The summed E-state index contributed by atoms with van der Waals surface area (Å²) in [7, 11) is 0. The van der Waals surface area contributed by atoms with E-state index in [1.807, 2.05) is 38.1 Å². The van der Waals surface area contributed by atoms with Gasteiger partial charge in [0.05, 0.1) is 6.04 Å². The average molecular weight is 273 g/mol. The number of ether oxygens (including phenoxy) is 1. The Kier molecular flexibility index (Phi) is 4.40. The number of hydrogen-bond donors (Lipinski definition) is 1. The Labute approximate surface area is 119 Å². The molecule has 0 fully saturated rings. The lowest BCUT2D eigenvalue weighted by atomic mass is 10.0. The Morgan fingerprint density at radius 3 is 2.35 bits per heavy atom. The minimum Gasteiger partial charge on any atom is -0.486 e. The van der Waals surface area contributed by atoms with Crippen LogP contribution in [0.2, 0.25) is 0 Å². The van der Waals surface area contributed by atoms with Crippen molar-refractivity contribution in [1.82, 2.24) is 0 Å². The van der Waals surface area contributed by atoms with Crippen molar-refractivity contribution in [2.75, 3.05) is 0 Å². The van der Waals surface area contributed by atoms with E-state index in [2.05, 4.69) is 0 Å². The van der Waals surface area contributed by atoms with Crippen molar-refractivity contribution in [3.05, 3.63) is 65.0 Å². The van der Waals surface area contributed by atoms with E-state index in [9.17, 15) is 4.39 Å². The lowest BCUT2D eigenvalue weighted by Crippen LogP contribution is -2.29. The van der Waals surface area contributed by atoms with Crippen LogP contribution in [0.15, 0.2) is 42.5 Å². The molecule has 0 aliphatic heterocycles. The molecular formula is C17H20FNO. The third-order valence-corrected chi connectivity index (χ3v) is 3.44. The molecule has 0 amide bonds. The van der Waals surface area contributed by atoms with E-state index in [0.29, 0.717) is 5.56 Å². The van der Waals surface area contributed by atoms with Crippen LogP contribution in [0.4, 0.5) is 4.39 Å². The normalized spacial score (nSPS) is 13.8. The highest BCUT2D eigenvalue weighted by Crippen LogP contribution is 2.24. The minimum atomic E-state index is -0.324. The zero-order chi connectivity index (χ0) is 14.7. The molecule has 0 saturated carbocycles. The molecule has 2 rings (SSSR count). The Balaban J connectivity index is 2.13. The highest BCUT2D eigenvalue weighted by atomic mass is 19.1. The quantitative estimate of drug-likeness (QED) is 0.916. The Hall–Kier alpha value is -1.87. The molecule has 2 N–H and O–H groups in total. The van der Waals surface area contributed by atoms with E-state index in [-0.39, 0.29) is 23.7 Å². The summed E-state index contributed by atoms with van der Waals surface area (Å²) in [5.74, 6) is -0.0736. The van der Waals surface area contributed by atoms with E-state index < -0.39 is 0 Å². The molecule has 2 aromatic rings. The topological polar surface area (TPSA) is 35.2 Å². The van der Waals surface area contributed by atoms with Crippen LogP contribution in [-0.4, -0.2) is 6.10 Å². The first-order chi connectivity index (χ1) is 9.49. The van der Waals surface area contributed by atoms with Crippen molar-refractivity contribution in [1.29, 1.82) is 0 Å². The first kappa shape index (κ1) is 14.5. The third-order valence-electron chi connectivity index (χ3n) is 3.44. The van der Waals surface area contributed by atoms with Gasteiger partial charge in [0, 0.05) is 0 Å². The third kappa shape index (κ3) is 3.17. The minimum absolute atomic E-state index is 0.250. The van der Waals surface area contributed by atoms with E-state index in [0.717, 1.165) is 5.56 Å². The Bertz CT molecular complexity index is 580. The number of benzene rings is 2. The second-order valence-electron chi connectivity index (χ2n) is 5.15. The summed E-state index contributed by atoms with van der Waals surface area (Å²) in [4.78, 5) is 0. The molecule has 0 bridgehead atoms. The molecule has 0 radical (unpaired) electrons. The van der Waals surface area contributed by atoms with E-state index in [1.54, 1.807) is 25.1 Å². The highest BCUT2D eigenvalue weighted by Gasteiger charge is 2.18. The van der Waals surface area contributed by atoms with Crippen LogP contribution in [0.5, 0.6) is 5.75 Å². The van der Waals surface area contributed by atoms with Crippen molar-refractivity contribution in [2.24, 2.45) is 5.73 Å².